The van der Waals surface area contributed by atoms with Crippen molar-refractivity contribution in [3.63, 3.8) is 0 Å². The van der Waals surface area contributed by atoms with E-state index in [2.05, 4.69) is 34.5 Å². The van der Waals surface area contributed by atoms with Crippen molar-refractivity contribution in [1.82, 2.24) is 15.1 Å². The van der Waals surface area contributed by atoms with Crippen molar-refractivity contribution < 1.29 is 14.3 Å². The summed E-state index contributed by atoms with van der Waals surface area (Å²) < 4.78 is 4.99. The van der Waals surface area contributed by atoms with Gasteiger partial charge in [0.15, 0.2) is 0 Å². The van der Waals surface area contributed by atoms with E-state index < -0.39 is 5.41 Å². The summed E-state index contributed by atoms with van der Waals surface area (Å²) in [6.45, 7) is 5.19. The largest absolute Gasteiger partial charge is 0.385 e. The quantitative estimate of drug-likeness (QED) is 0.561. The van der Waals surface area contributed by atoms with Gasteiger partial charge >= 0.3 is 0 Å². The number of hydrogen-bond donors (Lipinski definition) is 1. The van der Waals surface area contributed by atoms with Crippen molar-refractivity contribution in [3.05, 3.63) is 35.9 Å². The van der Waals surface area contributed by atoms with Gasteiger partial charge in [0.05, 0.1) is 0 Å². The number of rotatable bonds is 8. The number of piperazine rings is 1. The molecule has 1 aromatic carbocycles. The number of carbonyl (C=O) groups is 2. The van der Waals surface area contributed by atoms with Gasteiger partial charge in [-0.05, 0) is 24.8 Å². The molecule has 0 atom stereocenters. The summed E-state index contributed by atoms with van der Waals surface area (Å²) in [5.74, 6) is -0.0913. The molecule has 26 heavy (non-hydrogen) atoms. The average molecular weight is 359 g/mol. The lowest BCUT2D eigenvalue weighted by molar-refractivity contribution is -0.145. The highest BCUT2D eigenvalue weighted by Gasteiger charge is 2.57. The fraction of sp³-hybridized carbons (Fsp3) is 0.600. The molecule has 1 N–H and O–H groups in total. The highest BCUT2D eigenvalue weighted by atomic mass is 16.5. The van der Waals surface area contributed by atoms with Crippen LogP contribution in [0.15, 0.2) is 30.3 Å². The SMILES string of the molecule is COCCCNC(=O)C1(C(=O)N2CCN(Cc3ccccc3)CC2)CC1. The zero-order valence-corrected chi connectivity index (χ0v) is 15.6. The molecule has 2 amide bonds. The maximum Gasteiger partial charge on any atom is 0.238 e. The summed E-state index contributed by atoms with van der Waals surface area (Å²) in [5, 5.41) is 2.90. The number of carbonyl (C=O) groups excluding carboxylic acids is 2. The highest BCUT2D eigenvalue weighted by molar-refractivity contribution is 6.07. The van der Waals surface area contributed by atoms with Gasteiger partial charge in [0.2, 0.25) is 11.8 Å². The smallest absolute Gasteiger partial charge is 0.238 e. The van der Waals surface area contributed by atoms with Crippen molar-refractivity contribution in [1.29, 1.82) is 0 Å². The van der Waals surface area contributed by atoms with E-state index in [1.165, 1.54) is 5.56 Å². The first kappa shape index (κ1) is 18.9. The standard InChI is InChI=1S/C20H29N3O3/c1-26-15-5-10-21-18(24)20(8-9-20)19(25)23-13-11-22(12-14-23)16-17-6-3-2-4-7-17/h2-4,6-7H,5,8-16H2,1H3,(H,21,24). The van der Waals surface area contributed by atoms with Gasteiger partial charge in [-0.25, -0.2) is 0 Å². The van der Waals surface area contributed by atoms with E-state index in [1.54, 1.807) is 7.11 Å². The molecule has 0 spiro atoms. The third-order valence-corrected chi connectivity index (χ3v) is 5.31. The first-order chi connectivity index (χ1) is 12.7. The first-order valence-electron chi connectivity index (χ1n) is 9.48. The van der Waals surface area contributed by atoms with Gasteiger partial charge < -0.3 is 15.0 Å². The highest BCUT2D eigenvalue weighted by Crippen LogP contribution is 2.47. The first-order valence-corrected chi connectivity index (χ1v) is 9.48. The number of nitrogens with one attached hydrogen (secondary N) is 1. The number of nitrogens with zero attached hydrogens (tertiary/aromatic N) is 2. The Kier molecular flexibility index (Phi) is 6.27. The zero-order valence-electron chi connectivity index (χ0n) is 15.6. The maximum atomic E-state index is 12.9. The molecule has 2 fully saturated rings. The molecule has 1 aliphatic carbocycles. The maximum absolute atomic E-state index is 12.9. The normalized spacial score (nSPS) is 19.2. The third kappa shape index (κ3) is 4.43. The molecule has 1 saturated carbocycles. The topological polar surface area (TPSA) is 61.9 Å². The molecule has 1 saturated heterocycles. The minimum atomic E-state index is -0.797. The van der Waals surface area contributed by atoms with Crippen LogP contribution in [0.25, 0.3) is 0 Å². The Bertz CT molecular complexity index is 608. The fourth-order valence-electron chi connectivity index (χ4n) is 3.50. The zero-order chi connectivity index (χ0) is 18.4. The second-order valence-corrected chi connectivity index (χ2v) is 7.24. The summed E-state index contributed by atoms with van der Waals surface area (Å²) in [4.78, 5) is 29.6. The van der Waals surface area contributed by atoms with E-state index in [1.807, 2.05) is 11.0 Å². The average Bonchev–Trinajstić information content (AvgIpc) is 3.48. The molecule has 3 rings (SSSR count). The molecule has 2 aliphatic rings. The second kappa shape index (κ2) is 8.64. The lowest BCUT2D eigenvalue weighted by Gasteiger charge is -2.36. The van der Waals surface area contributed by atoms with Crippen molar-refractivity contribution in [2.45, 2.75) is 25.8 Å². The third-order valence-electron chi connectivity index (χ3n) is 5.31. The van der Waals surface area contributed by atoms with Crippen LogP contribution in [0.2, 0.25) is 0 Å². The van der Waals surface area contributed by atoms with E-state index in [0.717, 1.165) is 26.1 Å². The number of hydrogen-bond acceptors (Lipinski definition) is 4. The lowest BCUT2D eigenvalue weighted by atomic mass is 10.0. The number of amides is 2. The van der Waals surface area contributed by atoms with E-state index >= 15 is 0 Å². The summed E-state index contributed by atoms with van der Waals surface area (Å²) in [5.41, 5.74) is 0.496. The second-order valence-electron chi connectivity index (χ2n) is 7.24. The Morgan fingerprint density at radius 3 is 2.42 bits per heavy atom. The molecule has 1 aliphatic heterocycles. The van der Waals surface area contributed by atoms with E-state index in [9.17, 15) is 9.59 Å². The summed E-state index contributed by atoms with van der Waals surface area (Å²) in [7, 11) is 1.64. The Balaban J connectivity index is 1.46. The number of methoxy groups -OCH3 is 1. The van der Waals surface area contributed by atoms with Crippen LogP contribution >= 0.6 is 0 Å². The number of benzene rings is 1. The predicted molar refractivity (Wildman–Crippen MR) is 99.5 cm³/mol. The van der Waals surface area contributed by atoms with Gasteiger partial charge in [-0.3, -0.25) is 14.5 Å². The van der Waals surface area contributed by atoms with Crippen LogP contribution in [0.1, 0.15) is 24.8 Å². The minimum Gasteiger partial charge on any atom is -0.385 e. The molecule has 1 heterocycles. The minimum absolute atomic E-state index is 0.0149. The Labute approximate surface area is 155 Å². The molecule has 0 bridgehead atoms. The molecule has 0 aromatic heterocycles. The van der Waals surface area contributed by atoms with Crippen molar-refractivity contribution in [2.75, 3.05) is 46.4 Å². The number of ether oxygens (including phenoxy) is 1. The predicted octanol–water partition coefficient (Wildman–Crippen LogP) is 1.26. The van der Waals surface area contributed by atoms with E-state index in [4.69, 9.17) is 4.74 Å². The van der Waals surface area contributed by atoms with Gasteiger partial charge in [-0.2, -0.15) is 0 Å². The van der Waals surface area contributed by atoms with Crippen LogP contribution in [-0.2, 0) is 20.9 Å². The van der Waals surface area contributed by atoms with Crippen LogP contribution in [0.5, 0.6) is 0 Å². The van der Waals surface area contributed by atoms with Crippen molar-refractivity contribution in [2.24, 2.45) is 5.41 Å². The van der Waals surface area contributed by atoms with E-state index in [-0.39, 0.29) is 11.8 Å². The van der Waals surface area contributed by atoms with Gasteiger partial charge in [0, 0.05) is 53.0 Å². The van der Waals surface area contributed by atoms with Crippen molar-refractivity contribution >= 4 is 11.8 Å². The van der Waals surface area contributed by atoms with Crippen LogP contribution in [0, 0.1) is 5.41 Å². The molecule has 6 heteroatoms. The van der Waals surface area contributed by atoms with Gasteiger partial charge in [0.25, 0.3) is 0 Å². The van der Waals surface area contributed by atoms with E-state index in [0.29, 0.717) is 39.1 Å². The van der Waals surface area contributed by atoms with Crippen LogP contribution in [-0.4, -0.2) is 68.1 Å². The molecule has 142 valence electrons. The summed E-state index contributed by atoms with van der Waals surface area (Å²) in [6.07, 6.45) is 2.11. The Morgan fingerprint density at radius 2 is 1.81 bits per heavy atom. The molecular weight excluding hydrogens is 330 g/mol. The molecule has 6 nitrogen and oxygen atoms in total. The molecular formula is C20H29N3O3. The monoisotopic (exact) mass is 359 g/mol. The molecule has 1 aromatic rings. The van der Waals surface area contributed by atoms with Crippen LogP contribution in [0.3, 0.4) is 0 Å². The van der Waals surface area contributed by atoms with Crippen LogP contribution in [0.4, 0.5) is 0 Å². The van der Waals surface area contributed by atoms with Crippen LogP contribution < -0.4 is 5.32 Å². The lowest BCUT2D eigenvalue weighted by Crippen LogP contribution is -2.53. The van der Waals surface area contributed by atoms with Gasteiger partial charge in [-0.15, -0.1) is 0 Å². The van der Waals surface area contributed by atoms with Crippen molar-refractivity contribution in [3.8, 4) is 0 Å². The molecule has 0 radical (unpaired) electrons. The molecule has 0 unspecified atom stereocenters. The fourth-order valence-corrected chi connectivity index (χ4v) is 3.50. The summed E-state index contributed by atoms with van der Waals surface area (Å²) in [6, 6.07) is 10.4. The van der Waals surface area contributed by atoms with Gasteiger partial charge in [-0.1, -0.05) is 30.3 Å². The summed E-state index contributed by atoms with van der Waals surface area (Å²) >= 11 is 0. The Morgan fingerprint density at radius 1 is 1.12 bits per heavy atom. The van der Waals surface area contributed by atoms with Gasteiger partial charge in [0.1, 0.15) is 5.41 Å². The Hall–Kier alpha value is -1.92.